The first-order valence-corrected chi connectivity index (χ1v) is 5.45. The number of amides is 1. The van der Waals surface area contributed by atoms with Gasteiger partial charge < -0.3 is 11.1 Å². The lowest BCUT2D eigenvalue weighted by atomic mass is 9.84. The summed E-state index contributed by atoms with van der Waals surface area (Å²) in [5.74, 6) is -1.94. The number of carbonyl (C=O) groups excluding carboxylic acids is 1. The second-order valence-electron chi connectivity index (χ2n) is 4.34. The average molecular weight is 238 g/mol. The van der Waals surface area contributed by atoms with Crippen LogP contribution in [-0.2, 0) is 4.79 Å². The highest BCUT2D eigenvalue weighted by molar-refractivity contribution is 5.81. The van der Waals surface area contributed by atoms with Gasteiger partial charge in [-0.1, -0.05) is 12.8 Å². The molecule has 0 bridgehead atoms. The Morgan fingerprint density at radius 2 is 1.94 bits per heavy atom. The molecule has 0 aromatic carbocycles. The van der Waals surface area contributed by atoms with Gasteiger partial charge in [-0.2, -0.15) is 13.2 Å². The Labute approximate surface area is 92.6 Å². The van der Waals surface area contributed by atoms with Crippen molar-refractivity contribution in [3.05, 3.63) is 0 Å². The van der Waals surface area contributed by atoms with Gasteiger partial charge in [0.25, 0.3) is 0 Å². The van der Waals surface area contributed by atoms with E-state index in [2.05, 4.69) is 5.32 Å². The van der Waals surface area contributed by atoms with Gasteiger partial charge in [0.05, 0.1) is 12.0 Å². The number of hydrogen-bond acceptors (Lipinski definition) is 2. The third-order valence-corrected chi connectivity index (χ3v) is 2.93. The fourth-order valence-electron chi connectivity index (χ4n) is 2.01. The summed E-state index contributed by atoms with van der Waals surface area (Å²) in [6.07, 6.45) is -2.49. The summed E-state index contributed by atoms with van der Waals surface area (Å²) in [5, 5.41) is 2.39. The second-order valence-corrected chi connectivity index (χ2v) is 4.34. The number of rotatable bonds is 2. The molecule has 3 atom stereocenters. The van der Waals surface area contributed by atoms with Crippen LogP contribution in [0.25, 0.3) is 0 Å². The van der Waals surface area contributed by atoms with Gasteiger partial charge in [-0.25, -0.2) is 0 Å². The molecular formula is C10H17F3N2O. The van der Waals surface area contributed by atoms with Crippen molar-refractivity contribution in [1.82, 2.24) is 5.32 Å². The summed E-state index contributed by atoms with van der Waals surface area (Å²) in [6.45, 7) is 1.46. The van der Waals surface area contributed by atoms with Gasteiger partial charge in [0.2, 0.25) is 5.91 Å². The van der Waals surface area contributed by atoms with E-state index in [9.17, 15) is 18.0 Å². The van der Waals surface area contributed by atoms with Crippen molar-refractivity contribution in [3.8, 4) is 0 Å². The van der Waals surface area contributed by atoms with Crippen LogP contribution in [0.3, 0.4) is 0 Å². The van der Waals surface area contributed by atoms with Crippen LogP contribution in [0, 0.1) is 5.92 Å². The number of nitrogens with one attached hydrogen (secondary N) is 1. The smallest absolute Gasteiger partial charge is 0.351 e. The van der Waals surface area contributed by atoms with Gasteiger partial charge in [0.1, 0.15) is 0 Å². The van der Waals surface area contributed by atoms with Crippen molar-refractivity contribution in [2.24, 2.45) is 11.7 Å². The van der Waals surface area contributed by atoms with Gasteiger partial charge in [-0.3, -0.25) is 4.79 Å². The predicted molar refractivity (Wildman–Crippen MR) is 53.6 cm³/mol. The summed E-state index contributed by atoms with van der Waals surface area (Å²) in [4.78, 5) is 11.3. The molecule has 0 aromatic rings. The fourth-order valence-corrected chi connectivity index (χ4v) is 2.01. The minimum absolute atomic E-state index is 0.0907. The molecule has 0 radical (unpaired) electrons. The van der Waals surface area contributed by atoms with E-state index in [0.717, 1.165) is 6.42 Å². The Balaban J connectivity index is 2.64. The van der Waals surface area contributed by atoms with E-state index in [1.54, 1.807) is 0 Å². The standard InChI is InChI=1S/C10H17F3N2O/c1-6(14)9(16)15-8-5-3-2-4-7(8)10(11,12)13/h6-8H,2-5,14H2,1H3,(H,15,16)/t6-,7?,8?/m0/s1. The molecule has 2 unspecified atom stereocenters. The Kier molecular flexibility index (Phi) is 4.18. The molecule has 0 saturated heterocycles. The highest BCUT2D eigenvalue weighted by Gasteiger charge is 2.46. The molecule has 3 N–H and O–H groups in total. The monoisotopic (exact) mass is 238 g/mol. The van der Waals surface area contributed by atoms with Crippen LogP contribution in [0.4, 0.5) is 13.2 Å². The van der Waals surface area contributed by atoms with E-state index < -0.39 is 30.1 Å². The third kappa shape index (κ3) is 3.37. The number of nitrogens with two attached hydrogens (primary N) is 1. The molecule has 1 amide bonds. The van der Waals surface area contributed by atoms with Crippen LogP contribution >= 0.6 is 0 Å². The van der Waals surface area contributed by atoms with Gasteiger partial charge >= 0.3 is 6.18 Å². The maximum atomic E-state index is 12.7. The first-order chi connectivity index (χ1) is 7.32. The minimum Gasteiger partial charge on any atom is -0.351 e. The summed E-state index contributed by atoms with van der Waals surface area (Å²) in [6, 6.07) is -1.58. The highest BCUT2D eigenvalue weighted by Crippen LogP contribution is 2.37. The first-order valence-electron chi connectivity index (χ1n) is 5.45. The summed E-state index contributed by atoms with van der Waals surface area (Å²) < 4.78 is 38.0. The number of alkyl halides is 3. The Bertz CT molecular complexity index is 253. The molecule has 0 aliphatic heterocycles. The van der Waals surface area contributed by atoms with Crippen LogP contribution in [-0.4, -0.2) is 24.2 Å². The van der Waals surface area contributed by atoms with Gasteiger partial charge in [0, 0.05) is 6.04 Å². The molecule has 1 aliphatic rings. The topological polar surface area (TPSA) is 55.1 Å². The van der Waals surface area contributed by atoms with Crippen molar-refractivity contribution < 1.29 is 18.0 Å². The van der Waals surface area contributed by atoms with E-state index >= 15 is 0 Å². The maximum absolute atomic E-state index is 12.7. The average Bonchev–Trinajstić information content (AvgIpc) is 2.16. The maximum Gasteiger partial charge on any atom is 0.393 e. The van der Waals surface area contributed by atoms with E-state index in [0.29, 0.717) is 12.8 Å². The van der Waals surface area contributed by atoms with Crippen LogP contribution in [0.2, 0.25) is 0 Å². The third-order valence-electron chi connectivity index (χ3n) is 2.93. The predicted octanol–water partition coefficient (Wildman–Crippen LogP) is 1.57. The minimum atomic E-state index is -4.24. The normalized spacial score (nSPS) is 28.6. The van der Waals surface area contributed by atoms with Crippen molar-refractivity contribution in [2.75, 3.05) is 0 Å². The highest BCUT2D eigenvalue weighted by atomic mass is 19.4. The molecule has 0 heterocycles. The number of halogens is 3. The molecule has 0 aromatic heterocycles. The Morgan fingerprint density at radius 3 is 2.44 bits per heavy atom. The summed E-state index contributed by atoms with van der Waals surface area (Å²) >= 11 is 0. The van der Waals surface area contributed by atoms with Gasteiger partial charge in [-0.05, 0) is 19.8 Å². The quantitative estimate of drug-likeness (QED) is 0.767. The van der Waals surface area contributed by atoms with Crippen molar-refractivity contribution in [1.29, 1.82) is 0 Å². The van der Waals surface area contributed by atoms with E-state index in [1.807, 2.05) is 0 Å². The van der Waals surface area contributed by atoms with E-state index in [4.69, 9.17) is 5.73 Å². The molecule has 16 heavy (non-hydrogen) atoms. The van der Waals surface area contributed by atoms with E-state index in [1.165, 1.54) is 6.92 Å². The first kappa shape index (κ1) is 13.3. The van der Waals surface area contributed by atoms with Crippen LogP contribution in [0.5, 0.6) is 0 Å². The zero-order valence-electron chi connectivity index (χ0n) is 9.18. The van der Waals surface area contributed by atoms with Crippen LogP contribution in [0.15, 0.2) is 0 Å². The lowest BCUT2D eigenvalue weighted by Crippen LogP contribution is -2.51. The van der Waals surface area contributed by atoms with Gasteiger partial charge in [0.15, 0.2) is 0 Å². The molecule has 1 fully saturated rings. The fraction of sp³-hybridized carbons (Fsp3) is 0.900. The number of hydrogen-bond donors (Lipinski definition) is 2. The molecular weight excluding hydrogens is 221 g/mol. The molecule has 1 rings (SSSR count). The lowest BCUT2D eigenvalue weighted by molar-refractivity contribution is -0.189. The van der Waals surface area contributed by atoms with E-state index in [-0.39, 0.29) is 6.42 Å². The molecule has 1 saturated carbocycles. The molecule has 3 nitrogen and oxygen atoms in total. The zero-order chi connectivity index (χ0) is 12.3. The lowest BCUT2D eigenvalue weighted by Gasteiger charge is -2.33. The Morgan fingerprint density at radius 1 is 1.38 bits per heavy atom. The molecule has 6 heteroatoms. The zero-order valence-corrected chi connectivity index (χ0v) is 9.18. The van der Waals surface area contributed by atoms with Crippen LogP contribution < -0.4 is 11.1 Å². The number of carbonyl (C=O) groups is 1. The Hall–Kier alpha value is -0.780. The molecule has 0 spiro atoms. The summed E-state index contributed by atoms with van der Waals surface area (Å²) in [7, 11) is 0. The second kappa shape index (κ2) is 5.03. The van der Waals surface area contributed by atoms with Crippen molar-refractivity contribution >= 4 is 5.91 Å². The van der Waals surface area contributed by atoms with Crippen molar-refractivity contribution in [3.63, 3.8) is 0 Å². The van der Waals surface area contributed by atoms with Gasteiger partial charge in [-0.15, -0.1) is 0 Å². The summed E-state index contributed by atoms with van der Waals surface area (Å²) in [5.41, 5.74) is 5.31. The molecule has 94 valence electrons. The SMILES string of the molecule is C[C@H](N)C(=O)NC1CCCCC1C(F)(F)F. The van der Waals surface area contributed by atoms with Crippen LogP contribution in [0.1, 0.15) is 32.6 Å². The largest absolute Gasteiger partial charge is 0.393 e. The van der Waals surface area contributed by atoms with Crippen molar-refractivity contribution in [2.45, 2.75) is 50.9 Å². The molecule has 1 aliphatic carbocycles.